The van der Waals surface area contributed by atoms with E-state index in [0.717, 1.165) is 17.6 Å². The van der Waals surface area contributed by atoms with E-state index in [2.05, 4.69) is 58.7 Å². The third-order valence-corrected chi connectivity index (χ3v) is 2.34. The van der Waals surface area contributed by atoms with Crippen molar-refractivity contribution in [3.8, 4) is 0 Å². The van der Waals surface area contributed by atoms with Gasteiger partial charge in [0, 0.05) is 17.6 Å². The summed E-state index contributed by atoms with van der Waals surface area (Å²) < 4.78 is 1.13. The van der Waals surface area contributed by atoms with Crippen molar-refractivity contribution < 1.29 is 0 Å². The van der Waals surface area contributed by atoms with E-state index in [1.54, 1.807) is 0 Å². The van der Waals surface area contributed by atoms with Gasteiger partial charge in [-0.25, -0.2) is 0 Å². The van der Waals surface area contributed by atoms with Crippen LogP contribution in [0.2, 0.25) is 0 Å². The maximum Gasteiger partial charge on any atom is 0.0234 e. The van der Waals surface area contributed by atoms with E-state index < -0.39 is 0 Å². The molecule has 0 radical (unpaired) electrons. The zero-order chi connectivity index (χ0) is 9.68. The van der Waals surface area contributed by atoms with E-state index in [1.807, 2.05) is 6.08 Å². The molecule has 0 heterocycles. The van der Waals surface area contributed by atoms with Gasteiger partial charge >= 0.3 is 0 Å². The van der Waals surface area contributed by atoms with Gasteiger partial charge in [-0.15, -0.1) is 6.58 Å². The highest BCUT2D eigenvalue weighted by Gasteiger charge is 1.97. The number of nitrogens with zero attached hydrogens (tertiary/aromatic N) is 1. The van der Waals surface area contributed by atoms with Gasteiger partial charge < -0.3 is 0 Å². The van der Waals surface area contributed by atoms with Gasteiger partial charge in [0.2, 0.25) is 0 Å². The predicted molar refractivity (Wildman–Crippen MR) is 60.7 cm³/mol. The molecule has 0 saturated heterocycles. The largest absolute Gasteiger partial charge is 0.298 e. The summed E-state index contributed by atoms with van der Waals surface area (Å²) in [6, 6.07) is 8.39. The summed E-state index contributed by atoms with van der Waals surface area (Å²) in [6.07, 6.45) is 1.92. The summed E-state index contributed by atoms with van der Waals surface area (Å²) in [7, 11) is 2.09. The lowest BCUT2D eigenvalue weighted by Crippen LogP contribution is -2.17. The van der Waals surface area contributed by atoms with Crippen molar-refractivity contribution in [3.05, 3.63) is 47.0 Å². The molecule has 0 aliphatic heterocycles. The molecule has 0 fully saturated rings. The van der Waals surface area contributed by atoms with Crippen LogP contribution in [-0.2, 0) is 6.54 Å². The fraction of sp³-hybridized carbons (Fsp3) is 0.273. The first-order chi connectivity index (χ1) is 6.22. The molecule has 0 N–H and O–H groups in total. The molecule has 0 aliphatic rings. The normalized spacial score (nSPS) is 10.4. The molecule has 0 aromatic heterocycles. The van der Waals surface area contributed by atoms with E-state index >= 15 is 0 Å². The van der Waals surface area contributed by atoms with E-state index in [4.69, 9.17) is 0 Å². The minimum absolute atomic E-state index is 0.927. The Morgan fingerprint density at radius 3 is 2.54 bits per heavy atom. The number of benzene rings is 1. The molecule has 1 rings (SSSR count). The summed E-state index contributed by atoms with van der Waals surface area (Å²) in [5.74, 6) is 0. The van der Waals surface area contributed by atoms with Crippen molar-refractivity contribution in [3.63, 3.8) is 0 Å². The molecule has 0 atom stereocenters. The van der Waals surface area contributed by atoms with Gasteiger partial charge in [-0.3, -0.25) is 4.90 Å². The van der Waals surface area contributed by atoms with Crippen LogP contribution in [0, 0.1) is 0 Å². The smallest absolute Gasteiger partial charge is 0.0234 e. The van der Waals surface area contributed by atoms with Crippen molar-refractivity contribution in [2.24, 2.45) is 0 Å². The zero-order valence-electron chi connectivity index (χ0n) is 7.83. The van der Waals surface area contributed by atoms with Crippen molar-refractivity contribution in [2.75, 3.05) is 13.6 Å². The topological polar surface area (TPSA) is 3.24 Å². The second-order valence-electron chi connectivity index (χ2n) is 3.11. The predicted octanol–water partition coefficient (Wildman–Crippen LogP) is 3.07. The second-order valence-corrected chi connectivity index (χ2v) is 4.03. The first-order valence-corrected chi connectivity index (χ1v) is 5.05. The zero-order valence-corrected chi connectivity index (χ0v) is 9.42. The minimum Gasteiger partial charge on any atom is -0.298 e. The summed E-state index contributed by atoms with van der Waals surface area (Å²) in [5, 5.41) is 0. The number of rotatable bonds is 4. The van der Waals surface area contributed by atoms with Gasteiger partial charge in [-0.2, -0.15) is 0 Å². The Labute approximate surface area is 88.2 Å². The van der Waals surface area contributed by atoms with E-state index in [9.17, 15) is 0 Å². The van der Waals surface area contributed by atoms with Gasteiger partial charge in [0.15, 0.2) is 0 Å². The molecule has 0 amide bonds. The lowest BCUT2D eigenvalue weighted by atomic mass is 10.2. The molecular formula is C11H14BrN. The maximum atomic E-state index is 3.71. The van der Waals surface area contributed by atoms with Crippen LogP contribution in [0.25, 0.3) is 0 Å². The molecule has 0 bridgehead atoms. The van der Waals surface area contributed by atoms with Crippen LogP contribution in [0.3, 0.4) is 0 Å². The summed E-state index contributed by atoms with van der Waals surface area (Å²) >= 11 is 3.41. The summed E-state index contributed by atoms with van der Waals surface area (Å²) in [5.41, 5.74) is 1.33. The third-order valence-electron chi connectivity index (χ3n) is 1.81. The third kappa shape index (κ3) is 3.75. The molecule has 0 unspecified atom stereocenters. The lowest BCUT2D eigenvalue weighted by molar-refractivity contribution is 0.363. The van der Waals surface area contributed by atoms with Crippen molar-refractivity contribution in [2.45, 2.75) is 6.54 Å². The SMILES string of the molecule is C=CCN(C)Cc1ccc(Br)cc1. The Morgan fingerprint density at radius 1 is 1.38 bits per heavy atom. The Bertz CT molecular complexity index is 266. The molecule has 0 spiro atoms. The van der Waals surface area contributed by atoms with Crippen molar-refractivity contribution in [1.82, 2.24) is 4.90 Å². The monoisotopic (exact) mass is 239 g/mol. The fourth-order valence-electron chi connectivity index (χ4n) is 1.19. The van der Waals surface area contributed by atoms with Crippen LogP contribution < -0.4 is 0 Å². The molecule has 1 aromatic rings. The Kier molecular flexibility index (Phi) is 4.19. The minimum atomic E-state index is 0.927. The fourth-order valence-corrected chi connectivity index (χ4v) is 1.45. The Morgan fingerprint density at radius 2 is 2.00 bits per heavy atom. The van der Waals surface area contributed by atoms with Crippen LogP contribution in [0.4, 0.5) is 0 Å². The highest BCUT2D eigenvalue weighted by molar-refractivity contribution is 9.10. The molecule has 70 valence electrons. The number of likely N-dealkylation sites (N-methyl/N-ethyl adjacent to an activating group) is 1. The van der Waals surface area contributed by atoms with Crippen molar-refractivity contribution in [1.29, 1.82) is 0 Å². The molecular weight excluding hydrogens is 226 g/mol. The average molecular weight is 240 g/mol. The molecule has 1 nitrogen and oxygen atoms in total. The van der Waals surface area contributed by atoms with Gasteiger partial charge in [-0.05, 0) is 24.7 Å². The van der Waals surface area contributed by atoms with E-state index in [0.29, 0.717) is 0 Å². The molecule has 13 heavy (non-hydrogen) atoms. The summed E-state index contributed by atoms with van der Waals surface area (Å²) in [4.78, 5) is 2.22. The number of hydrogen-bond donors (Lipinski definition) is 0. The van der Waals surface area contributed by atoms with Gasteiger partial charge in [0.25, 0.3) is 0 Å². The highest BCUT2D eigenvalue weighted by atomic mass is 79.9. The quantitative estimate of drug-likeness (QED) is 0.731. The lowest BCUT2D eigenvalue weighted by Gasteiger charge is -2.13. The molecule has 2 heteroatoms. The van der Waals surface area contributed by atoms with E-state index in [1.165, 1.54) is 5.56 Å². The average Bonchev–Trinajstić information content (AvgIpc) is 2.09. The Balaban J connectivity index is 2.53. The number of hydrogen-bond acceptors (Lipinski definition) is 1. The van der Waals surface area contributed by atoms with Gasteiger partial charge in [0.05, 0.1) is 0 Å². The maximum absolute atomic E-state index is 3.71. The van der Waals surface area contributed by atoms with Crippen LogP contribution in [-0.4, -0.2) is 18.5 Å². The molecule has 0 aliphatic carbocycles. The summed E-state index contributed by atoms with van der Waals surface area (Å²) in [6.45, 7) is 5.61. The molecule has 0 saturated carbocycles. The first-order valence-electron chi connectivity index (χ1n) is 4.26. The van der Waals surface area contributed by atoms with Crippen LogP contribution in [0.15, 0.2) is 41.4 Å². The first kappa shape index (κ1) is 10.5. The highest BCUT2D eigenvalue weighted by Crippen LogP contribution is 2.11. The molecule has 1 aromatic carbocycles. The van der Waals surface area contributed by atoms with Crippen LogP contribution >= 0.6 is 15.9 Å². The second kappa shape index (κ2) is 5.20. The Hall–Kier alpha value is -0.600. The van der Waals surface area contributed by atoms with Gasteiger partial charge in [0.1, 0.15) is 0 Å². The van der Waals surface area contributed by atoms with E-state index in [-0.39, 0.29) is 0 Å². The van der Waals surface area contributed by atoms with Crippen molar-refractivity contribution >= 4 is 15.9 Å². The van der Waals surface area contributed by atoms with Crippen LogP contribution in [0.5, 0.6) is 0 Å². The standard InChI is InChI=1S/C11H14BrN/c1-3-8-13(2)9-10-4-6-11(12)7-5-10/h3-7H,1,8-9H2,2H3. The van der Waals surface area contributed by atoms with Gasteiger partial charge in [-0.1, -0.05) is 34.1 Å². The number of halogens is 1. The van der Waals surface area contributed by atoms with Crippen LogP contribution in [0.1, 0.15) is 5.56 Å².